The van der Waals surface area contributed by atoms with Gasteiger partial charge in [0, 0.05) is 20.3 Å². The van der Waals surface area contributed by atoms with Crippen LogP contribution in [0.3, 0.4) is 0 Å². The second kappa shape index (κ2) is 7.37. The van der Waals surface area contributed by atoms with E-state index < -0.39 is 0 Å². The minimum Gasteiger partial charge on any atom is -0.385 e. The Balaban J connectivity index is 2.62. The maximum Gasteiger partial charge on any atom is 0.243 e. The van der Waals surface area contributed by atoms with Crippen LogP contribution in [-0.4, -0.2) is 30.5 Å². The van der Waals surface area contributed by atoms with Crippen LogP contribution >= 0.6 is 0 Å². The van der Waals surface area contributed by atoms with Gasteiger partial charge in [0.25, 0.3) is 0 Å². The maximum atomic E-state index is 5.89. The highest BCUT2D eigenvalue weighted by Crippen LogP contribution is 2.20. The Hall–Kier alpha value is -0.980. The van der Waals surface area contributed by atoms with Crippen molar-refractivity contribution in [1.82, 2.24) is 10.1 Å². The third kappa shape index (κ3) is 4.07. The molecule has 98 valence electrons. The topological polar surface area (TPSA) is 83.4 Å². The van der Waals surface area contributed by atoms with Gasteiger partial charge in [-0.05, 0) is 19.8 Å². The summed E-state index contributed by atoms with van der Waals surface area (Å²) >= 11 is 0. The summed E-state index contributed by atoms with van der Waals surface area (Å²) in [5.41, 5.74) is 5.89. The summed E-state index contributed by atoms with van der Waals surface area (Å²) in [7, 11) is 1.63. The Morgan fingerprint density at radius 1 is 1.41 bits per heavy atom. The summed E-state index contributed by atoms with van der Waals surface area (Å²) in [5.74, 6) is 1.01. The number of ether oxygens (including phenoxy) is 2. The molecule has 2 N–H and O–H groups in total. The molecule has 0 saturated carbocycles. The zero-order valence-corrected chi connectivity index (χ0v) is 10.7. The van der Waals surface area contributed by atoms with Crippen LogP contribution in [0.1, 0.15) is 50.6 Å². The molecule has 0 spiro atoms. The third-order valence-corrected chi connectivity index (χ3v) is 2.43. The summed E-state index contributed by atoms with van der Waals surface area (Å²) in [4.78, 5) is 4.27. The van der Waals surface area contributed by atoms with E-state index in [2.05, 4.69) is 10.1 Å². The average molecular weight is 243 g/mol. The Morgan fingerprint density at radius 2 is 2.18 bits per heavy atom. The fourth-order valence-electron chi connectivity index (χ4n) is 1.47. The Kier molecular flexibility index (Phi) is 6.10. The van der Waals surface area contributed by atoms with E-state index in [0.717, 1.165) is 6.42 Å². The van der Waals surface area contributed by atoms with Crippen molar-refractivity contribution in [2.75, 3.05) is 20.3 Å². The molecule has 0 radical (unpaired) electrons. The van der Waals surface area contributed by atoms with Crippen molar-refractivity contribution in [2.24, 2.45) is 5.73 Å². The van der Waals surface area contributed by atoms with E-state index in [4.69, 9.17) is 19.7 Å². The van der Waals surface area contributed by atoms with Gasteiger partial charge in [-0.3, -0.25) is 0 Å². The number of nitrogens with two attached hydrogens (primary N) is 1. The first-order valence-corrected chi connectivity index (χ1v) is 5.92. The molecule has 0 amide bonds. The summed E-state index contributed by atoms with van der Waals surface area (Å²) in [6.45, 7) is 5.15. The van der Waals surface area contributed by atoms with E-state index in [-0.39, 0.29) is 12.1 Å². The molecule has 0 aliphatic rings. The van der Waals surface area contributed by atoms with Crippen molar-refractivity contribution in [1.29, 1.82) is 0 Å². The predicted molar refractivity (Wildman–Crippen MR) is 62.4 cm³/mol. The predicted octanol–water partition coefficient (Wildman–Crippen LogP) is 1.59. The SMILES string of the molecule is CCOC(CC)c1noc(C(N)CCOC)n1. The third-order valence-electron chi connectivity index (χ3n) is 2.43. The van der Waals surface area contributed by atoms with Crippen LogP contribution in [0.15, 0.2) is 4.52 Å². The van der Waals surface area contributed by atoms with Crippen LogP contribution in [0.4, 0.5) is 0 Å². The van der Waals surface area contributed by atoms with Crippen molar-refractivity contribution >= 4 is 0 Å². The van der Waals surface area contributed by atoms with E-state index in [1.807, 2.05) is 13.8 Å². The van der Waals surface area contributed by atoms with E-state index in [1.54, 1.807) is 7.11 Å². The van der Waals surface area contributed by atoms with Crippen molar-refractivity contribution in [2.45, 2.75) is 38.8 Å². The second-order valence-corrected chi connectivity index (χ2v) is 3.73. The first kappa shape index (κ1) is 14.1. The van der Waals surface area contributed by atoms with Crippen molar-refractivity contribution in [3.63, 3.8) is 0 Å². The van der Waals surface area contributed by atoms with E-state index >= 15 is 0 Å². The number of rotatable bonds is 8. The van der Waals surface area contributed by atoms with E-state index in [0.29, 0.717) is 31.3 Å². The molecule has 0 aliphatic carbocycles. The molecule has 0 aliphatic heterocycles. The fourth-order valence-corrected chi connectivity index (χ4v) is 1.47. The zero-order valence-electron chi connectivity index (χ0n) is 10.7. The standard InChI is InChI=1S/C11H21N3O3/c1-4-9(16-5-2)10-13-11(17-14-10)8(12)6-7-15-3/h8-9H,4-7,12H2,1-3H3. The van der Waals surface area contributed by atoms with Gasteiger partial charge in [-0.2, -0.15) is 4.98 Å². The first-order chi connectivity index (χ1) is 8.22. The van der Waals surface area contributed by atoms with Gasteiger partial charge in [-0.15, -0.1) is 0 Å². The molecule has 0 aromatic carbocycles. The van der Waals surface area contributed by atoms with Gasteiger partial charge in [0.05, 0.1) is 6.04 Å². The molecule has 2 atom stereocenters. The monoisotopic (exact) mass is 243 g/mol. The zero-order chi connectivity index (χ0) is 12.7. The van der Waals surface area contributed by atoms with Gasteiger partial charge in [-0.1, -0.05) is 12.1 Å². The van der Waals surface area contributed by atoms with Crippen LogP contribution in [0.2, 0.25) is 0 Å². The number of hydrogen-bond donors (Lipinski definition) is 1. The molecule has 0 bridgehead atoms. The highest BCUT2D eigenvalue weighted by Gasteiger charge is 2.19. The van der Waals surface area contributed by atoms with E-state index in [1.165, 1.54) is 0 Å². The van der Waals surface area contributed by atoms with Gasteiger partial charge in [0.15, 0.2) is 0 Å². The normalized spacial score (nSPS) is 14.8. The van der Waals surface area contributed by atoms with Crippen LogP contribution in [-0.2, 0) is 9.47 Å². The van der Waals surface area contributed by atoms with Crippen LogP contribution in [0.25, 0.3) is 0 Å². The molecule has 6 heteroatoms. The number of methoxy groups -OCH3 is 1. The molecule has 2 unspecified atom stereocenters. The van der Waals surface area contributed by atoms with E-state index in [9.17, 15) is 0 Å². The highest BCUT2D eigenvalue weighted by molar-refractivity contribution is 4.95. The molecule has 6 nitrogen and oxygen atoms in total. The summed E-state index contributed by atoms with van der Waals surface area (Å²) < 4.78 is 15.6. The molecular weight excluding hydrogens is 222 g/mol. The van der Waals surface area contributed by atoms with Gasteiger partial charge < -0.3 is 19.7 Å². The Morgan fingerprint density at radius 3 is 2.76 bits per heavy atom. The Bertz CT molecular complexity index is 317. The number of hydrogen-bond acceptors (Lipinski definition) is 6. The van der Waals surface area contributed by atoms with Crippen molar-refractivity contribution in [3.05, 3.63) is 11.7 Å². The smallest absolute Gasteiger partial charge is 0.243 e. The average Bonchev–Trinajstić information content (AvgIpc) is 2.82. The van der Waals surface area contributed by atoms with Crippen LogP contribution in [0.5, 0.6) is 0 Å². The summed E-state index contributed by atoms with van der Waals surface area (Å²) in [6, 6.07) is -0.282. The maximum absolute atomic E-state index is 5.89. The molecule has 1 heterocycles. The molecule has 0 saturated heterocycles. The molecule has 1 aromatic heterocycles. The first-order valence-electron chi connectivity index (χ1n) is 5.92. The molecular formula is C11H21N3O3. The van der Waals surface area contributed by atoms with Crippen LogP contribution in [0, 0.1) is 0 Å². The van der Waals surface area contributed by atoms with Crippen LogP contribution < -0.4 is 5.73 Å². The Labute approximate surface area is 101 Å². The molecule has 17 heavy (non-hydrogen) atoms. The van der Waals surface area contributed by atoms with Gasteiger partial charge in [-0.25, -0.2) is 0 Å². The lowest BCUT2D eigenvalue weighted by Gasteiger charge is -2.09. The van der Waals surface area contributed by atoms with Crippen molar-refractivity contribution < 1.29 is 14.0 Å². The number of nitrogens with zero attached hydrogens (tertiary/aromatic N) is 2. The molecule has 1 aromatic rings. The van der Waals surface area contributed by atoms with Crippen molar-refractivity contribution in [3.8, 4) is 0 Å². The minimum absolute atomic E-state index is 0.118. The summed E-state index contributed by atoms with van der Waals surface area (Å²) in [6.07, 6.45) is 1.34. The second-order valence-electron chi connectivity index (χ2n) is 3.73. The highest BCUT2D eigenvalue weighted by atomic mass is 16.5. The fraction of sp³-hybridized carbons (Fsp3) is 0.818. The largest absolute Gasteiger partial charge is 0.385 e. The quantitative estimate of drug-likeness (QED) is 0.746. The molecule has 0 fully saturated rings. The summed E-state index contributed by atoms with van der Waals surface area (Å²) in [5, 5.41) is 3.90. The lowest BCUT2D eigenvalue weighted by molar-refractivity contribution is 0.0518. The van der Waals surface area contributed by atoms with Gasteiger partial charge in [0.2, 0.25) is 11.7 Å². The van der Waals surface area contributed by atoms with Gasteiger partial charge in [0.1, 0.15) is 6.10 Å². The number of aromatic nitrogens is 2. The lowest BCUT2D eigenvalue weighted by Crippen LogP contribution is -2.13. The van der Waals surface area contributed by atoms with Gasteiger partial charge >= 0.3 is 0 Å². The molecule has 1 rings (SSSR count). The lowest BCUT2D eigenvalue weighted by atomic mass is 10.2. The minimum atomic E-state index is -0.282.